The Labute approximate surface area is 194 Å². The molecule has 3 aromatic rings. The molecule has 0 N–H and O–H groups in total. The molecule has 7 heteroatoms. The van der Waals surface area contributed by atoms with E-state index in [1.807, 2.05) is 61.5 Å². The van der Waals surface area contributed by atoms with Crippen molar-refractivity contribution in [2.45, 2.75) is 25.6 Å². The van der Waals surface area contributed by atoms with Crippen molar-refractivity contribution >= 4 is 21.6 Å². The molecule has 3 aromatic carbocycles. The van der Waals surface area contributed by atoms with Crippen LogP contribution in [0.15, 0.2) is 70.2 Å². The number of halogens is 1. The zero-order chi connectivity index (χ0) is 21.7. The van der Waals surface area contributed by atoms with E-state index in [0.29, 0.717) is 6.61 Å². The number of hydrogen-bond donors (Lipinski definition) is 0. The number of rotatable bonds is 4. The lowest BCUT2D eigenvalue weighted by Gasteiger charge is -2.38. The average Bonchev–Trinajstić information content (AvgIpc) is 3.46. The van der Waals surface area contributed by atoms with E-state index in [1.165, 1.54) is 0 Å². The molecule has 0 saturated carbocycles. The van der Waals surface area contributed by atoms with Crippen LogP contribution < -0.4 is 18.9 Å². The molecule has 0 aromatic heterocycles. The molecule has 0 radical (unpaired) electrons. The van der Waals surface area contributed by atoms with Gasteiger partial charge in [-0.15, -0.1) is 0 Å². The van der Waals surface area contributed by atoms with Gasteiger partial charge in [0, 0.05) is 22.0 Å². The summed E-state index contributed by atoms with van der Waals surface area (Å²) in [5, 5.41) is 7.11. The SMILES string of the molecule is CCOc1ccccc1[C@H]1Oc2ccc(Br)cc2[C@H]2CC(c3ccc4c(c3)OCO4)=NN21. The molecule has 6 rings (SSSR count). The van der Waals surface area contributed by atoms with Gasteiger partial charge < -0.3 is 18.9 Å². The molecule has 2 atom stereocenters. The number of hydrazone groups is 1. The number of hydrogen-bond acceptors (Lipinski definition) is 6. The lowest BCUT2D eigenvalue weighted by atomic mass is 9.95. The summed E-state index contributed by atoms with van der Waals surface area (Å²) in [6.45, 7) is 2.83. The van der Waals surface area contributed by atoms with Crippen molar-refractivity contribution in [2.24, 2.45) is 5.10 Å². The largest absolute Gasteiger partial charge is 0.493 e. The predicted octanol–water partition coefficient (Wildman–Crippen LogP) is 5.82. The van der Waals surface area contributed by atoms with E-state index < -0.39 is 0 Å². The van der Waals surface area contributed by atoms with Crippen LogP contribution >= 0.6 is 15.9 Å². The van der Waals surface area contributed by atoms with Gasteiger partial charge in [0.1, 0.15) is 11.5 Å². The fraction of sp³-hybridized carbons (Fsp3) is 0.240. The summed E-state index contributed by atoms with van der Waals surface area (Å²) in [7, 11) is 0. The van der Waals surface area contributed by atoms with Crippen molar-refractivity contribution in [1.82, 2.24) is 5.01 Å². The Morgan fingerprint density at radius 2 is 1.84 bits per heavy atom. The first kappa shape index (κ1) is 19.5. The molecule has 0 unspecified atom stereocenters. The second-order valence-electron chi connectivity index (χ2n) is 7.84. The molecule has 6 nitrogen and oxygen atoms in total. The highest BCUT2D eigenvalue weighted by molar-refractivity contribution is 9.10. The smallest absolute Gasteiger partial charge is 0.231 e. The van der Waals surface area contributed by atoms with Gasteiger partial charge in [0.2, 0.25) is 13.0 Å². The maximum Gasteiger partial charge on any atom is 0.231 e. The molecular weight excluding hydrogens is 472 g/mol. The van der Waals surface area contributed by atoms with Crippen molar-refractivity contribution in [1.29, 1.82) is 0 Å². The first-order valence-electron chi connectivity index (χ1n) is 10.6. The van der Waals surface area contributed by atoms with Gasteiger partial charge in [0.15, 0.2) is 11.5 Å². The van der Waals surface area contributed by atoms with E-state index in [4.69, 9.17) is 24.0 Å². The normalized spacial score (nSPS) is 20.3. The van der Waals surface area contributed by atoms with E-state index in [1.54, 1.807) is 0 Å². The number of fused-ring (bicyclic) bond motifs is 4. The summed E-state index contributed by atoms with van der Waals surface area (Å²) in [5.41, 5.74) is 4.09. The van der Waals surface area contributed by atoms with Crippen molar-refractivity contribution in [3.8, 4) is 23.0 Å². The lowest BCUT2D eigenvalue weighted by Crippen LogP contribution is -2.34. The van der Waals surface area contributed by atoms with Crippen LogP contribution in [0.1, 0.15) is 42.3 Å². The minimum Gasteiger partial charge on any atom is -0.493 e. The van der Waals surface area contributed by atoms with Crippen LogP contribution in [0.2, 0.25) is 0 Å². The molecule has 0 saturated heterocycles. The third-order valence-corrected chi connectivity index (χ3v) is 6.44. The highest BCUT2D eigenvalue weighted by Gasteiger charge is 2.42. The second kappa shape index (κ2) is 7.74. The van der Waals surface area contributed by atoms with Gasteiger partial charge >= 0.3 is 0 Å². The zero-order valence-corrected chi connectivity index (χ0v) is 19.0. The molecule has 0 bridgehead atoms. The molecular formula is C25H21BrN2O4. The molecule has 3 aliphatic heterocycles. The van der Waals surface area contributed by atoms with Crippen molar-refractivity contribution in [3.63, 3.8) is 0 Å². The van der Waals surface area contributed by atoms with Gasteiger partial charge in [0.25, 0.3) is 0 Å². The first-order valence-corrected chi connectivity index (χ1v) is 11.4. The van der Waals surface area contributed by atoms with Crippen LogP contribution in [-0.4, -0.2) is 24.1 Å². The molecule has 162 valence electrons. The molecule has 3 heterocycles. The number of ether oxygens (including phenoxy) is 4. The van der Waals surface area contributed by atoms with Gasteiger partial charge in [-0.25, -0.2) is 5.01 Å². The van der Waals surface area contributed by atoms with E-state index in [9.17, 15) is 0 Å². The van der Waals surface area contributed by atoms with Crippen molar-refractivity contribution < 1.29 is 18.9 Å². The van der Waals surface area contributed by atoms with E-state index in [2.05, 4.69) is 27.0 Å². The quantitative estimate of drug-likeness (QED) is 0.459. The Kier molecular flexibility index (Phi) is 4.72. The number of para-hydroxylation sites is 1. The zero-order valence-electron chi connectivity index (χ0n) is 17.5. The Balaban J connectivity index is 1.45. The molecule has 3 aliphatic rings. The van der Waals surface area contributed by atoms with Crippen LogP contribution in [0.5, 0.6) is 23.0 Å². The van der Waals surface area contributed by atoms with Crippen LogP contribution in [-0.2, 0) is 0 Å². The number of benzene rings is 3. The summed E-state index contributed by atoms with van der Waals surface area (Å²) < 4.78 is 24.5. The molecule has 0 fully saturated rings. The summed E-state index contributed by atoms with van der Waals surface area (Å²) in [6, 6.07) is 20.2. The molecule has 0 amide bonds. The Morgan fingerprint density at radius 3 is 2.75 bits per heavy atom. The summed E-state index contributed by atoms with van der Waals surface area (Å²) in [5.74, 6) is 3.21. The standard InChI is InChI=1S/C25H21BrN2O4/c1-2-29-21-6-4-3-5-17(21)25-28-20(18-12-16(26)8-10-22(18)32-25)13-19(27-28)15-7-9-23-24(11-15)31-14-30-23/h3-12,20,25H,2,13-14H2,1H3/t20-,25-/m1/s1. The lowest BCUT2D eigenvalue weighted by molar-refractivity contribution is -0.0206. The minimum atomic E-state index is -0.386. The third-order valence-electron chi connectivity index (χ3n) is 5.94. The van der Waals surface area contributed by atoms with E-state index in [0.717, 1.165) is 56.3 Å². The van der Waals surface area contributed by atoms with Gasteiger partial charge in [0.05, 0.1) is 23.9 Å². The maximum atomic E-state index is 6.51. The van der Waals surface area contributed by atoms with Gasteiger partial charge in [-0.05, 0) is 55.5 Å². The third kappa shape index (κ3) is 3.19. The summed E-state index contributed by atoms with van der Waals surface area (Å²) in [4.78, 5) is 0. The van der Waals surface area contributed by atoms with E-state index in [-0.39, 0.29) is 19.1 Å². The maximum absolute atomic E-state index is 6.51. The van der Waals surface area contributed by atoms with Crippen molar-refractivity contribution in [2.75, 3.05) is 13.4 Å². The van der Waals surface area contributed by atoms with Crippen LogP contribution in [0, 0.1) is 0 Å². The topological polar surface area (TPSA) is 52.5 Å². The molecule has 0 aliphatic carbocycles. The molecule has 32 heavy (non-hydrogen) atoms. The first-order chi connectivity index (χ1) is 15.7. The van der Waals surface area contributed by atoms with E-state index >= 15 is 0 Å². The Hall–Kier alpha value is -3.19. The van der Waals surface area contributed by atoms with Gasteiger partial charge in [-0.3, -0.25) is 0 Å². The summed E-state index contributed by atoms with van der Waals surface area (Å²) in [6.07, 6.45) is 0.377. The van der Waals surface area contributed by atoms with Crippen LogP contribution in [0.3, 0.4) is 0 Å². The highest BCUT2D eigenvalue weighted by Crippen LogP contribution is 2.49. The Morgan fingerprint density at radius 1 is 1.00 bits per heavy atom. The van der Waals surface area contributed by atoms with Crippen LogP contribution in [0.25, 0.3) is 0 Å². The number of nitrogens with zero attached hydrogens (tertiary/aromatic N) is 2. The predicted molar refractivity (Wildman–Crippen MR) is 123 cm³/mol. The fourth-order valence-electron chi connectivity index (χ4n) is 4.49. The van der Waals surface area contributed by atoms with Gasteiger partial charge in [-0.1, -0.05) is 28.1 Å². The van der Waals surface area contributed by atoms with Gasteiger partial charge in [-0.2, -0.15) is 5.10 Å². The monoisotopic (exact) mass is 492 g/mol. The van der Waals surface area contributed by atoms with Crippen LogP contribution in [0.4, 0.5) is 0 Å². The fourth-order valence-corrected chi connectivity index (χ4v) is 4.86. The minimum absolute atomic E-state index is 0.0522. The second-order valence-corrected chi connectivity index (χ2v) is 8.75. The highest BCUT2D eigenvalue weighted by atomic mass is 79.9. The molecule has 0 spiro atoms. The Bertz CT molecular complexity index is 1230. The van der Waals surface area contributed by atoms with Crippen molar-refractivity contribution in [3.05, 3.63) is 81.8 Å². The average molecular weight is 493 g/mol. The summed E-state index contributed by atoms with van der Waals surface area (Å²) >= 11 is 3.61.